The zero-order valence-corrected chi connectivity index (χ0v) is 18.7. The molecule has 5 heteroatoms. The third-order valence-electron chi connectivity index (χ3n) is 6.14. The predicted octanol–water partition coefficient (Wildman–Crippen LogP) is 5.35. The Hall–Kier alpha value is -3.34. The molecule has 3 aromatic rings. The van der Waals surface area contributed by atoms with Crippen molar-refractivity contribution in [2.75, 3.05) is 11.4 Å². The van der Waals surface area contributed by atoms with Gasteiger partial charge in [-0.3, -0.25) is 4.79 Å². The second-order valence-corrected chi connectivity index (χ2v) is 8.79. The van der Waals surface area contributed by atoms with Crippen LogP contribution in [0.5, 0.6) is 0 Å². The van der Waals surface area contributed by atoms with Gasteiger partial charge in [-0.25, -0.2) is 5.43 Å². The summed E-state index contributed by atoms with van der Waals surface area (Å²) in [5.41, 5.74) is 7.86. The second-order valence-electron chi connectivity index (χ2n) is 8.79. The summed E-state index contributed by atoms with van der Waals surface area (Å²) in [5.74, 6) is 0.245. The van der Waals surface area contributed by atoms with Gasteiger partial charge < -0.3 is 9.47 Å². The number of nitrogens with zero attached hydrogens (tertiary/aromatic N) is 3. The van der Waals surface area contributed by atoms with Gasteiger partial charge in [0.2, 0.25) is 0 Å². The van der Waals surface area contributed by atoms with Crippen LogP contribution in [0.1, 0.15) is 61.5 Å². The van der Waals surface area contributed by atoms with Crippen molar-refractivity contribution in [1.82, 2.24) is 9.99 Å². The van der Waals surface area contributed by atoms with E-state index in [1.165, 1.54) is 11.3 Å². The summed E-state index contributed by atoms with van der Waals surface area (Å²) in [4.78, 5) is 15.2. The highest BCUT2D eigenvalue weighted by molar-refractivity contribution is 5.98. The van der Waals surface area contributed by atoms with Crippen molar-refractivity contribution >= 4 is 17.8 Å². The van der Waals surface area contributed by atoms with Gasteiger partial charge in [-0.2, -0.15) is 5.10 Å². The number of carbonyl (C=O) groups is 1. The molecule has 0 saturated heterocycles. The first-order valence-electron chi connectivity index (χ1n) is 10.9. The topological polar surface area (TPSA) is 49.6 Å². The second kappa shape index (κ2) is 8.42. The van der Waals surface area contributed by atoms with Crippen LogP contribution in [-0.2, 0) is 0 Å². The fourth-order valence-corrected chi connectivity index (χ4v) is 4.80. The number of hydrogen-bond acceptors (Lipinski definition) is 3. The van der Waals surface area contributed by atoms with Gasteiger partial charge in [0.05, 0.1) is 17.5 Å². The molecule has 1 amide bonds. The number of para-hydroxylation sites is 1. The van der Waals surface area contributed by atoms with Crippen LogP contribution in [-0.4, -0.2) is 28.8 Å². The maximum absolute atomic E-state index is 12.7. The average Bonchev–Trinajstić information content (AvgIpc) is 3.28. The molecular weight excluding hydrogens is 384 g/mol. The van der Waals surface area contributed by atoms with Crippen molar-refractivity contribution in [3.8, 4) is 5.69 Å². The number of fused-ring (bicyclic) bond motifs is 1. The molecule has 1 atom stereocenters. The molecule has 0 saturated carbocycles. The lowest BCUT2D eigenvalue weighted by molar-refractivity contribution is 0.0955. The molecule has 0 bridgehead atoms. The van der Waals surface area contributed by atoms with Gasteiger partial charge in [-0.15, -0.1) is 0 Å². The first-order chi connectivity index (χ1) is 14.9. The highest BCUT2D eigenvalue weighted by Crippen LogP contribution is 2.43. The molecule has 160 valence electrons. The summed E-state index contributed by atoms with van der Waals surface area (Å²) in [6, 6.07) is 17.8. The zero-order valence-electron chi connectivity index (χ0n) is 18.7. The molecular formula is C26H30N4O. The van der Waals surface area contributed by atoms with Crippen LogP contribution in [0.3, 0.4) is 0 Å². The van der Waals surface area contributed by atoms with Crippen molar-refractivity contribution in [3.63, 3.8) is 0 Å². The molecule has 2 aromatic carbocycles. The fourth-order valence-electron chi connectivity index (χ4n) is 4.80. The molecule has 1 aromatic heterocycles. The summed E-state index contributed by atoms with van der Waals surface area (Å²) in [5, 5.41) is 4.23. The van der Waals surface area contributed by atoms with Crippen molar-refractivity contribution in [3.05, 3.63) is 83.7 Å². The van der Waals surface area contributed by atoms with E-state index in [1.54, 1.807) is 6.21 Å². The molecule has 0 spiro atoms. The smallest absolute Gasteiger partial charge is 0.273 e. The van der Waals surface area contributed by atoms with Gasteiger partial charge in [0.25, 0.3) is 5.91 Å². The van der Waals surface area contributed by atoms with Crippen molar-refractivity contribution in [2.24, 2.45) is 5.10 Å². The van der Waals surface area contributed by atoms with Crippen molar-refractivity contribution in [1.29, 1.82) is 0 Å². The third-order valence-corrected chi connectivity index (χ3v) is 6.14. The zero-order chi connectivity index (χ0) is 22.0. The summed E-state index contributed by atoms with van der Waals surface area (Å²) in [7, 11) is 0. The summed E-state index contributed by atoms with van der Waals surface area (Å²) in [6.07, 6.45) is 6.68. The normalized spacial score (nSPS) is 17.5. The molecule has 0 radical (unpaired) electrons. The molecule has 0 fully saturated rings. The van der Waals surface area contributed by atoms with Crippen LogP contribution >= 0.6 is 0 Å². The van der Waals surface area contributed by atoms with E-state index in [2.05, 4.69) is 61.3 Å². The fraction of sp³-hybridized carbons (Fsp3) is 0.308. The lowest BCUT2D eigenvalue weighted by Crippen LogP contribution is -2.48. The Morgan fingerprint density at radius 2 is 1.87 bits per heavy atom. The number of hydrogen-bond donors (Lipinski definition) is 1. The Kier molecular flexibility index (Phi) is 5.68. The van der Waals surface area contributed by atoms with Gasteiger partial charge in [0, 0.05) is 30.2 Å². The Bertz CT molecular complexity index is 1100. The Morgan fingerprint density at radius 3 is 2.61 bits per heavy atom. The minimum atomic E-state index is -0.231. The molecule has 31 heavy (non-hydrogen) atoms. The molecule has 1 aliphatic heterocycles. The molecule has 1 N–H and O–H groups in total. The van der Waals surface area contributed by atoms with E-state index in [0.29, 0.717) is 11.5 Å². The lowest BCUT2D eigenvalue weighted by Gasteiger charge is -2.47. The minimum Gasteiger partial charge on any atom is -0.366 e. The number of aromatic nitrogens is 1. The molecule has 0 unspecified atom stereocenters. The van der Waals surface area contributed by atoms with Gasteiger partial charge in [0.1, 0.15) is 0 Å². The minimum absolute atomic E-state index is 0.151. The van der Waals surface area contributed by atoms with Crippen LogP contribution in [0.2, 0.25) is 0 Å². The number of rotatable bonds is 5. The maximum Gasteiger partial charge on any atom is 0.273 e. The van der Waals surface area contributed by atoms with E-state index in [0.717, 1.165) is 24.2 Å². The van der Waals surface area contributed by atoms with E-state index in [1.807, 2.05) is 53.4 Å². The Morgan fingerprint density at radius 1 is 1.13 bits per heavy atom. The molecule has 2 heterocycles. The van der Waals surface area contributed by atoms with E-state index in [4.69, 9.17) is 0 Å². The van der Waals surface area contributed by atoms with E-state index >= 15 is 0 Å². The monoisotopic (exact) mass is 414 g/mol. The number of amides is 1. The van der Waals surface area contributed by atoms with Crippen LogP contribution < -0.4 is 10.3 Å². The molecule has 5 nitrogen and oxygen atoms in total. The Balaban J connectivity index is 1.52. The van der Waals surface area contributed by atoms with Gasteiger partial charge in [-0.05, 0) is 80.6 Å². The predicted molar refractivity (Wildman–Crippen MR) is 127 cm³/mol. The first-order valence-corrected chi connectivity index (χ1v) is 10.9. The highest BCUT2D eigenvalue weighted by Gasteiger charge is 2.35. The van der Waals surface area contributed by atoms with Gasteiger partial charge in [0.15, 0.2) is 0 Å². The van der Waals surface area contributed by atoms with Crippen molar-refractivity contribution < 1.29 is 4.79 Å². The van der Waals surface area contributed by atoms with Crippen LogP contribution in [0.4, 0.5) is 5.69 Å². The standard InChI is InChI=1S/C26H30N4O/c1-5-30-24-13-12-20(16-22(24)19(2)17-26(30,3)4)18-27-28-25(31)21-10-6-7-11-23(21)29-14-8-9-15-29/h6-16,18-19H,5,17H2,1-4H3,(H,28,31)/b27-18-/t19-/m0/s1. The van der Waals surface area contributed by atoms with E-state index in [9.17, 15) is 4.79 Å². The first kappa shape index (κ1) is 20.9. The van der Waals surface area contributed by atoms with Gasteiger partial charge in [-0.1, -0.05) is 25.1 Å². The van der Waals surface area contributed by atoms with Crippen LogP contribution in [0.15, 0.2) is 72.1 Å². The summed E-state index contributed by atoms with van der Waals surface area (Å²) in [6.45, 7) is 10.1. The Labute approximate surface area is 184 Å². The number of carbonyl (C=O) groups excluding carboxylic acids is 1. The van der Waals surface area contributed by atoms with Crippen LogP contribution in [0, 0.1) is 0 Å². The van der Waals surface area contributed by atoms with Crippen molar-refractivity contribution in [2.45, 2.75) is 45.6 Å². The van der Waals surface area contributed by atoms with Crippen LogP contribution in [0.25, 0.3) is 5.69 Å². The third kappa shape index (κ3) is 4.13. The highest BCUT2D eigenvalue weighted by atomic mass is 16.2. The number of hydrazone groups is 1. The molecule has 4 rings (SSSR count). The number of nitrogens with one attached hydrogen (secondary N) is 1. The van der Waals surface area contributed by atoms with E-state index in [-0.39, 0.29) is 11.4 Å². The SMILES string of the molecule is CCN1c2ccc(/C=N\NC(=O)c3ccccc3-n3cccc3)cc2[C@@H](C)CC1(C)C. The quantitative estimate of drug-likeness (QED) is 0.452. The summed E-state index contributed by atoms with van der Waals surface area (Å²) >= 11 is 0. The maximum atomic E-state index is 12.7. The van der Waals surface area contributed by atoms with Gasteiger partial charge >= 0.3 is 0 Å². The molecule has 0 aliphatic carbocycles. The lowest BCUT2D eigenvalue weighted by atomic mass is 9.79. The number of anilines is 1. The largest absolute Gasteiger partial charge is 0.366 e. The average molecular weight is 415 g/mol. The van der Waals surface area contributed by atoms with E-state index < -0.39 is 0 Å². The number of benzene rings is 2. The summed E-state index contributed by atoms with van der Waals surface area (Å²) < 4.78 is 1.92. The molecule has 1 aliphatic rings.